The van der Waals surface area contributed by atoms with Crippen LogP contribution in [0.2, 0.25) is 0 Å². The summed E-state index contributed by atoms with van der Waals surface area (Å²) in [4.78, 5) is 3.99. The lowest BCUT2D eigenvalue weighted by atomic mass is 10.1. The van der Waals surface area contributed by atoms with Crippen LogP contribution in [0.4, 0.5) is 4.39 Å². The number of hydrogen-bond donors (Lipinski definition) is 1. The van der Waals surface area contributed by atoms with E-state index in [0.717, 1.165) is 0 Å². The van der Waals surface area contributed by atoms with Gasteiger partial charge in [0.15, 0.2) is 0 Å². The molecule has 2 N–H and O–H groups in total. The van der Waals surface area contributed by atoms with Gasteiger partial charge < -0.3 is 5.73 Å². The first kappa shape index (κ1) is 9.71. The monoisotopic (exact) mass is 180 g/mol. The van der Waals surface area contributed by atoms with Crippen LogP contribution in [0.3, 0.4) is 0 Å². The maximum Gasteiger partial charge on any atom is 0.126 e. The van der Waals surface area contributed by atoms with E-state index in [0.29, 0.717) is 24.4 Å². The zero-order valence-corrected chi connectivity index (χ0v) is 7.63. The van der Waals surface area contributed by atoms with E-state index in [1.54, 1.807) is 19.1 Å². The third kappa shape index (κ3) is 3.23. The van der Waals surface area contributed by atoms with Gasteiger partial charge in [-0.1, -0.05) is 18.2 Å². The van der Waals surface area contributed by atoms with Crippen molar-refractivity contribution in [1.82, 2.24) is 0 Å². The summed E-state index contributed by atoms with van der Waals surface area (Å²) in [6, 6.07) is 6.71. The largest absolute Gasteiger partial charge is 0.388 e. The van der Waals surface area contributed by atoms with E-state index in [1.807, 2.05) is 6.07 Å². The maximum absolute atomic E-state index is 13.0. The van der Waals surface area contributed by atoms with Crippen molar-refractivity contribution in [3.63, 3.8) is 0 Å². The second kappa shape index (κ2) is 4.60. The molecule has 0 radical (unpaired) electrons. The zero-order chi connectivity index (χ0) is 9.68. The van der Waals surface area contributed by atoms with E-state index < -0.39 is 0 Å². The zero-order valence-electron chi connectivity index (χ0n) is 7.63. The Balaban J connectivity index is 2.55. The average Bonchev–Trinajstić information content (AvgIpc) is 2.08. The molecule has 0 amide bonds. The molecule has 0 aliphatic rings. The first-order chi connectivity index (χ1) is 6.20. The molecular formula is C10H13FN2. The summed E-state index contributed by atoms with van der Waals surface area (Å²) in [5, 5.41) is 0. The summed E-state index contributed by atoms with van der Waals surface area (Å²) in [6.45, 7) is 2.27. The van der Waals surface area contributed by atoms with Gasteiger partial charge in [-0.25, -0.2) is 4.39 Å². The minimum absolute atomic E-state index is 0.174. The predicted molar refractivity (Wildman–Crippen MR) is 52.3 cm³/mol. The summed E-state index contributed by atoms with van der Waals surface area (Å²) in [6.07, 6.45) is 0.598. The standard InChI is InChI=1S/C10H13FN2/c1-8(12)13-7-6-9-4-2-3-5-10(9)11/h2-5H,6-7H2,1H3,(H2,12,13). The molecule has 0 aliphatic heterocycles. The summed E-state index contributed by atoms with van der Waals surface area (Å²) in [5.41, 5.74) is 6.04. The second-order valence-corrected chi connectivity index (χ2v) is 2.86. The van der Waals surface area contributed by atoms with Crippen LogP contribution in [0, 0.1) is 5.82 Å². The Morgan fingerprint density at radius 1 is 1.46 bits per heavy atom. The molecule has 0 aliphatic carbocycles. The van der Waals surface area contributed by atoms with Crippen molar-refractivity contribution < 1.29 is 4.39 Å². The highest BCUT2D eigenvalue weighted by Gasteiger charge is 1.98. The average molecular weight is 180 g/mol. The van der Waals surface area contributed by atoms with Crippen molar-refractivity contribution >= 4 is 5.84 Å². The summed E-state index contributed by atoms with van der Waals surface area (Å²) in [5.74, 6) is 0.365. The summed E-state index contributed by atoms with van der Waals surface area (Å²) < 4.78 is 13.0. The molecule has 0 spiro atoms. The van der Waals surface area contributed by atoms with Gasteiger partial charge >= 0.3 is 0 Å². The molecule has 2 nitrogen and oxygen atoms in total. The lowest BCUT2D eigenvalue weighted by molar-refractivity contribution is 0.609. The van der Waals surface area contributed by atoms with Crippen molar-refractivity contribution in [3.05, 3.63) is 35.6 Å². The van der Waals surface area contributed by atoms with Crippen LogP contribution < -0.4 is 5.73 Å². The first-order valence-electron chi connectivity index (χ1n) is 4.20. The first-order valence-corrected chi connectivity index (χ1v) is 4.20. The smallest absolute Gasteiger partial charge is 0.126 e. The Hall–Kier alpha value is -1.38. The molecule has 0 saturated carbocycles. The number of nitrogens with two attached hydrogens (primary N) is 1. The van der Waals surface area contributed by atoms with Crippen molar-refractivity contribution in [2.75, 3.05) is 6.54 Å². The Labute approximate surface area is 77.3 Å². The molecule has 0 bridgehead atoms. The maximum atomic E-state index is 13.0. The highest BCUT2D eigenvalue weighted by Crippen LogP contribution is 2.06. The number of nitrogens with zero attached hydrogens (tertiary/aromatic N) is 1. The van der Waals surface area contributed by atoms with Crippen molar-refractivity contribution in [3.8, 4) is 0 Å². The van der Waals surface area contributed by atoms with Gasteiger partial charge in [0.2, 0.25) is 0 Å². The third-order valence-corrected chi connectivity index (χ3v) is 1.70. The number of halogens is 1. The van der Waals surface area contributed by atoms with Gasteiger partial charge in [-0.2, -0.15) is 0 Å². The summed E-state index contributed by atoms with van der Waals surface area (Å²) in [7, 11) is 0. The van der Waals surface area contributed by atoms with Crippen molar-refractivity contribution in [2.45, 2.75) is 13.3 Å². The molecule has 1 rings (SSSR count). The number of amidine groups is 1. The normalized spacial score (nSPS) is 11.7. The number of hydrogen-bond acceptors (Lipinski definition) is 1. The molecule has 13 heavy (non-hydrogen) atoms. The lowest BCUT2D eigenvalue weighted by Gasteiger charge is -1.99. The van der Waals surface area contributed by atoms with E-state index in [2.05, 4.69) is 4.99 Å². The van der Waals surface area contributed by atoms with Gasteiger partial charge in [0.1, 0.15) is 5.82 Å². The Morgan fingerprint density at radius 3 is 2.77 bits per heavy atom. The highest BCUT2D eigenvalue weighted by atomic mass is 19.1. The molecule has 70 valence electrons. The molecule has 0 heterocycles. The molecule has 1 aromatic rings. The van der Waals surface area contributed by atoms with Gasteiger partial charge in [0.05, 0.1) is 5.84 Å². The van der Waals surface area contributed by atoms with Crippen LogP contribution in [0.25, 0.3) is 0 Å². The molecule has 1 aromatic carbocycles. The van der Waals surface area contributed by atoms with Crippen LogP contribution in [-0.2, 0) is 6.42 Å². The Kier molecular flexibility index (Phi) is 3.43. The molecule has 0 fully saturated rings. The van der Waals surface area contributed by atoms with Gasteiger partial charge in [-0.05, 0) is 25.0 Å². The highest BCUT2D eigenvalue weighted by molar-refractivity contribution is 5.77. The number of benzene rings is 1. The molecule has 0 saturated heterocycles. The van der Waals surface area contributed by atoms with E-state index in [1.165, 1.54) is 6.07 Å². The molecular weight excluding hydrogens is 167 g/mol. The Bertz CT molecular complexity index is 304. The van der Waals surface area contributed by atoms with E-state index >= 15 is 0 Å². The molecule has 0 unspecified atom stereocenters. The van der Waals surface area contributed by atoms with Gasteiger partial charge in [0, 0.05) is 6.54 Å². The summed E-state index contributed by atoms with van der Waals surface area (Å²) >= 11 is 0. The lowest BCUT2D eigenvalue weighted by Crippen LogP contribution is -2.07. The van der Waals surface area contributed by atoms with Crippen LogP contribution >= 0.6 is 0 Å². The van der Waals surface area contributed by atoms with Gasteiger partial charge in [0.25, 0.3) is 0 Å². The quantitative estimate of drug-likeness (QED) is 0.558. The number of rotatable bonds is 3. The Morgan fingerprint density at radius 2 is 2.15 bits per heavy atom. The fraction of sp³-hybridized carbons (Fsp3) is 0.300. The molecule has 3 heteroatoms. The fourth-order valence-electron chi connectivity index (χ4n) is 1.05. The molecule has 0 atom stereocenters. The van der Waals surface area contributed by atoms with Gasteiger partial charge in [-0.3, -0.25) is 4.99 Å². The predicted octanol–water partition coefficient (Wildman–Crippen LogP) is 1.75. The van der Waals surface area contributed by atoms with Crippen LogP contribution in [0.1, 0.15) is 12.5 Å². The third-order valence-electron chi connectivity index (χ3n) is 1.70. The van der Waals surface area contributed by atoms with Crippen molar-refractivity contribution in [2.24, 2.45) is 10.7 Å². The van der Waals surface area contributed by atoms with Crippen molar-refractivity contribution in [1.29, 1.82) is 0 Å². The van der Waals surface area contributed by atoms with E-state index in [9.17, 15) is 4.39 Å². The van der Waals surface area contributed by atoms with Crippen LogP contribution in [-0.4, -0.2) is 12.4 Å². The van der Waals surface area contributed by atoms with Crippen LogP contribution in [0.5, 0.6) is 0 Å². The SMILES string of the molecule is CC(N)=NCCc1ccccc1F. The van der Waals surface area contributed by atoms with E-state index in [-0.39, 0.29) is 5.82 Å². The van der Waals surface area contributed by atoms with E-state index in [4.69, 9.17) is 5.73 Å². The van der Waals surface area contributed by atoms with Gasteiger partial charge in [-0.15, -0.1) is 0 Å². The second-order valence-electron chi connectivity index (χ2n) is 2.86. The van der Waals surface area contributed by atoms with Crippen LogP contribution in [0.15, 0.2) is 29.3 Å². The number of aliphatic imine (C=N–C) groups is 1. The minimum atomic E-state index is -0.174. The fourth-order valence-corrected chi connectivity index (χ4v) is 1.05. The minimum Gasteiger partial charge on any atom is -0.388 e. The topological polar surface area (TPSA) is 38.4 Å². The molecule has 0 aromatic heterocycles.